The van der Waals surface area contributed by atoms with E-state index in [1.165, 1.54) is 18.4 Å². The van der Waals surface area contributed by atoms with Crippen LogP contribution in [0, 0.1) is 5.41 Å². The van der Waals surface area contributed by atoms with Gasteiger partial charge in [0.1, 0.15) is 6.61 Å². The van der Waals surface area contributed by atoms with E-state index in [1.807, 2.05) is 54.6 Å². The van der Waals surface area contributed by atoms with Crippen molar-refractivity contribution in [1.82, 2.24) is 5.32 Å². The Hall–Kier alpha value is -3.06. The minimum atomic E-state index is -0.367. The largest absolute Gasteiger partial charge is 0.488 e. The summed E-state index contributed by atoms with van der Waals surface area (Å²) in [6, 6.07) is 17.7. The Labute approximate surface area is 190 Å². The highest BCUT2D eigenvalue weighted by Gasteiger charge is 2.54. The molecule has 3 aromatic rings. The molecule has 7 heteroatoms. The number of amides is 1. The van der Waals surface area contributed by atoms with E-state index in [2.05, 4.69) is 5.32 Å². The molecule has 2 saturated carbocycles. The Kier molecular flexibility index (Phi) is 5.51. The lowest BCUT2D eigenvalue weighted by molar-refractivity contribution is -0.0839. The lowest BCUT2D eigenvalue weighted by atomic mass is 9.53. The third-order valence-electron chi connectivity index (χ3n) is 6.42. The Morgan fingerprint density at radius 1 is 1.03 bits per heavy atom. The lowest BCUT2D eigenvalue weighted by Crippen LogP contribution is -2.58. The molecule has 0 atom stereocenters. The standard InChI is InChI=1S/C25H25NO5S/c1-29-23(27)22-21(19-9-5-6-10-20(19)32-22)31-18-13-25(14-18)11-17(12-25)26-24(28)30-15-16-7-3-2-4-8-16/h2-10,17-18H,11-15H2,1H3,(H,26,28). The number of esters is 1. The van der Waals surface area contributed by atoms with Gasteiger partial charge in [-0.1, -0.05) is 42.5 Å². The molecule has 0 radical (unpaired) electrons. The molecule has 0 saturated heterocycles. The second-order valence-corrected chi connectivity index (χ2v) is 9.76. The van der Waals surface area contributed by atoms with Crippen molar-refractivity contribution in [1.29, 1.82) is 0 Å². The third kappa shape index (κ3) is 4.05. The van der Waals surface area contributed by atoms with Gasteiger partial charge < -0.3 is 19.5 Å². The van der Waals surface area contributed by atoms with Crippen molar-refractivity contribution in [3.05, 3.63) is 65.0 Å². The number of thiophene rings is 1. The van der Waals surface area contributed by atoms with Gasteiger partial charge in [-0.05, 0) is 48.8 Å². The second-order valence-electron chi connectivity index (χ2n) is 8.71. The SMILES string of the molecule is COC(=O)c1sc2ccccc2c1OC1CC2(CC(NC(=O)OCc3ccccc3)C2)C1. The van der Waals surface area contributed by atoms with Gasteiger partial charge in [-0.2, -0.15) is 0 Å². The van der Waals surface area contributed by atoms with Gasteiger partial charge >= 0.3 is 12.1 Å². The van der Waals surface area contributed by atoms with Crippen LogP contribution in [0.3, 0.4) is 0 Å². The van der Waals surface area contributed by atoms with Crippen molar-refractivity contribution in [2.75, 3.05) is 7.11 Å². The first-order valence-electron chi connectivity index (χ1n) is 10.8. The molecule has 6 nitrogen and oxygen atoms in total. The molecule has 1 spiro atoms. The smallest absolute Gasteiger partial charge is 0.407 e. The van der Waals surface area contributed by atoms with Gasteiger partial charge in [-0.3, -0.25) is 0 Å². The van der Waals surface area contributed by atoms with Crippen molar-refractivity contribution in [3.63, 3.8) is 0 Å². The predicted octanol–water partition coefficient (Wildman–Crippen LogP) is 5.30. The van der Waals surface area contributed by atoms with E-state index in [0.29, 0.717) is 10.6 Å². The molecule has 2 aliphatic carbocycles. The Morgan fingerprint density at radius 2 is 1.75 bits per heavy atom. The fourth-order valence-corrected chi connectivity index (χ4v) is 5.93. The summed E-state index contributed by atoms with van der Waals surface area (Å²) in [5.74, 6) is 0.271. The highest BCUT2D eigenvalue weighted by atomic mass is 32.1. The normalized spacial score (nSPS) is 23.8. The van der Waals surface area contributed by atoms with Crippen LogP contribution in [-0.4, -0.2) is 31.3 Å². The van der Waals surface area contributed by atoms with E-state index < -0.39 is 0 Å². The highest BCUT2D eigenvalue weighted by molar-refractivity contribution is 7.21. The van der Waals surface area contributed by atoms with E-state index in [0.717, 1.165) is 41.3 Å². The van der Waals surface area contributed by atoms with E-state index >= 15 is 0 Å². The number of nitrogens with one attached hydrogen (secondary N) is 1. The Balaban J connectivity index is 1.12. The zero-order valence-corrected chi connectivity index (χ0v) is 18.7. The molecule has 0 unspecified atom stereocenters. The van der Waals surface area contributed by atoms with Crippen molar-refractivity contribution in [2.24, 2.45) is 5.41 Å². The van der Waals surface area contributed by atoms with Crippen molar-refractivity contribution in [2.45, 2.75) is 44.4 Å². The number of hydrogen-bond donors (Lipinski definition) is 1. The number of carbonyl (C=O) groups is 2. The van der Waals surface area contributed by atoms with Crippen LogP contribution in [0.5, 0.6) is 5.75 Å². The molecule has 166 valence electrons. The molecular weight excluding hydrogens is 426 g/mol. The van der Waals surface area contributed by atoms with Gasteiger partial charge in [-0.15, -0.1) is 11.3 Å². The predicted molar refractivity (Wildman–Crippen MR) is 122 cm³/mol. The molecule has 1 amide bonds. The number of rotatable bonds is 6. The number of carbonyl (C=O) groups excluding carboxylic acids is 2. The Morgan fingerprint density at radius 3 is 2.50 bits per heavy atom. The van der Waals surface area contributed by atoms with Gasteiger partial charge in [0.2, 0.25) is 0 Å². The second kappa shape index (κ2) is 8.47. The molecule has 2 fully saturated rings. The maximum absolute atomic E-state index is 12.2. The summed E-state index contributed by atoms with van der Waals surface area (Å²) in [4.78, 5) is 24.8. The van der Waals surface area contributed by atoms with Gasteiger partial charge in [0.05, 0.1) is 13.2 Å². The van der Waals surface area contributed by atoms with Crippen molar-refractivity contribution in [3.8, 4) is 5.75 Å². The van der Waals surface area contributed by atoms with Crippen LogP contribution in [0.25, 0.3) is 10.1 Å². The summed E-state index contributed by atoms with van der Waals surface area (Å²) in [5, 5.41) is 3.92. The fourth-order valence-electron chi connectivity index (χ4n) is 4.87. The first kappa shape index (κ1) is 20.8. The van der Waals surface area contributed by atoms with Crippen LogP contribution in [0.1, 0.15) is 40.9 Å². The van der Waals surface area contributed by atoms with Crippen LogP contribution in [0.15, 0.2) is 54.6 Å². The van der Waals surface area contributed by atoms with Gasteiger partial charge in [0.25, 0.3) is 0 Å². The number of fused-ring (bicyclic) bond motifs is 1. The third-order valence-corrected chi connectivity index (χ3v) is 7.55. The molecule has 1 N–H and O–H groups in total. The van der Waals surface area contributed by atoms with E-state index in [4.69, 9.17) is 14.2 Å². The summed E-state index contributed by atoms with van der Waals surface area (Å²) in [6.45, 7) is 0.275. The molecule has 2 aromatic carbocycles. The monoisotopic (exact) mass is 451 g/mol. The van der Waals surface area contributed by atoms with Crippen LogP contribution < -0.4 is 10.1 Å². The minimum Gasteiger partial charge on any atom is -0.488 e. The van der Waals surface area contributed by atoms with Crippen molar-refractivity contribution >= 4 is 33.5 Å². The maximum Gasteiger partial charge on any atom is 0.407 e. The quantitative estimate of drug-likeness (QED) is 0.515. The van der Waals surface area contributed by atoms with Crippen LogP contribution in [-0.2, 0) is 16.1 Å². The van der Waals surface area contributed by atoms with Crippen molar-refractivity contribution < 1.29 is 23.8 Å². The highest BCUT2D eigenvalue weighted by Crippen LogP contribution is 2.57. The Bertz CT molecular complexity index is 1130. The number of methoxy groups -OCH3 is 1. The maximum atomic E-state index is 12.2. The first-order chi connectivity index (χ1) is 15.5. The molecule has 32 heavy (non-hydrogen) atoms. The van der Waals surface area contributed by atoms with Gasteiger partial charge in [-0.25, -0.2) is 9.59 Å². The number of alkyl carbamates (subject to hydrolysis) is 1. The summed E-state index contributed by atoms with van der Waals surface area (Å²) >= 11 is 1.40. The summed E-state index contributed by atoms with van der Waals surface area (Å²) < 4.78 is 17.6. The number of ether oxygens (including phenoxy) is 3. The zero-order valence-electron chi connectivity index (χ0n) is 17.8. The number of benzene rings is 2. The molecule has 2 aliphatic rings. The topological polar surface area (TPSA) is 73.9 Å². The molecule has 5 rings (SSSR count). The van der Waals surface area contributed by atoms with Crippen LogP contribution >= 0.6 is 11.3 Å². The number of hydrogen-bond acceptors (Lipinski definition) is 6. The van der Waals surface area contributed by atoms with E-state index in [9.17, 15) is 9.59 Å². The fraction of sp³-hybridized carbons (Fsp3) is 0.360. The lowest BCUT2D eigenvalue weighted by Gasteiger charge is -2.57. The average molecular weight is 452 g/mol. The van der Waals surface area contributed by atoms with Gasteiger partial charge in [0, 0.05) is 16.1 Å². The average Bonchev–Trinajstić information content (AvgIpc) is 3.13. The summed E-state index contributed by atoms with van der Waals surface area (Å²) in [5.41, 5.74) is 1.19. The molecule has 1 heterocycles. The van der Waals surface area contributed by atoms with Crippen LogP contribution in [0.4, 0.5) is 4.79 Å². The molecular formula is C25H25NO5S. The molecule has 0 aliphatic heterocycles. The van der Waals surface area contributed by atoms with E-state index in [-0.39, 0.29) is 36.2 Å². The molecule has 0 bridgehead atoms. The zero-order chi connectivity index (χ0) is 22.1. The van der Waals surface area contributed by atoms with Gasteiger partial charge in [0.15, 0.2) is 10.6 Å². The van der Waals surface area contributed by atoms with E-state index in [1.54, 1.807) is 0 Å². The summed E-state index contributed by atoms with van der Waals surface area (Å²) in [7, 11) is 1.39. The first-order valence-corrected chi connectivity index (χ1v) is 11.6. The minimum absolute atomic E-state index is 0.0717. The van der Waals surface area contributed by atoms with Crippen LogP contribution in [0.2, 0.25) is 0 Å². The molecule has 1 aromatic heterocycles. The summed E-state index contributed by atoms with van der Waals surface area (Å²) in [6.07, 6.45) is 3.42.